The van der Waals surface area contributed by atoms with E-state index in [9.17, 15) is 24.8 Å². The third kappa shape index (κ3) is 2.68. The van der Waals surface area contributed by atoms with Gasteiger partial charge in [-0.1, -0.05) is 19.3 Å². The maximum absolute atomic E-state index is 12.6. The van der Waals surface area contributed by atoms with E-state index in [1.807, 2.05) is 0 Å². The highest BCUT2D eigenvalue weighted by Crippen LogP contribution is 2.29. The minimum atomic E-state index is -1.30. The molecule has 1 aliphatic rings. The summed E-state index contributed by atoms with van der Waals surface area (Å²) in [5.74, 6) is -1.72. The lowest BCUT2D eigenvalue weighted by atomic mass is 9.81. The summed E-state index contributed by atoms with van der Waals surface area (Å²) in [7, 11) is 0. The summed E-state index contributed by atoms with van der Waals surface area (Å²) in [6.07, 6.45) is 3.09. The summed E-state index contributed by atoms with van der Waals surface area (Å²) in [4.78, 5) is 34.5. The Morgan fingerprint density at radius 3 is 2.62 bits per heavy atom. The minimum Gasteiger partial charge on any atom is -0.480 e. The molecule has 0 atom stereocenters. The molecule has 1 aromatic heterocycles. The molecule has 9 heteroatoms. The molecule has 0 spiro atoms. The number of hydrogen-bond acceptors (Lipinski definition) is 5. The Balaban J connectivity index is 1.94. The van der Waals surface area contributed by atoms with Crippen LogP contribution in [0.25, 0.3) is 10.9 Å². The predicted molar refractivity (Wildman–Crippen MR) is 83.7 cm³/mol. The van der Waals surface area contributed by atoms with Gasteiger partial charge in [-0.05, 0) is 18.9 Å². The van der Waals surface area contributed by atoms with E-state index >= 15 is 0 Å². The van der Waals surface area contributed by atoms with Crippen LogP contribution in [0, 0.1) is 10.1 Å². The number of nitrogens with one attached hydrogen (secondary N) is 2. The van der Waals surface area contributed by atoms with Gasteiger partial charge < -0.3 is 10.4 Å². The number of nitro benzene ring substituents is 1. The molecule has 0 radical (unpaired) electrons. The predicted octanol–water partition coefficient (Wildman–Crippen LogP) is 1.99. The van der Waals surface area contributed by atoms with E-state index < -0.39 is 22.3 Å². The molecule has 9 nitrogen and oxygen atoms in total. The zero-order valence-electron chi connectivity index (χ0n) is 12.7. The Labute approximate surface area is 136 Å². The standard InChI is InChI=1S/C15H16N4O5/c20-13(16-15(14(21)22)6-2-1-3-7-15)12-10-8-9(19(23)24)4-5-11(10)17-18-12/h4-5,8H,1-3,6-7H2,(H,16,20)(H,17,18)(H,21,22). The topological polar surface area (TPSA) is 138 Å². The molecule has 1 fully saturated rings. The quantitative estimate of drug-likeness (QED) is 0.578. The van der Waals surface area contributed by atoms with Gasteiger partial charge in [0.25, 0.3) is 11.6 Å². The molecule has 1 amide bonds. The number of aromatic nitrogens is 2. The number of carboxylic acid groups (broad SMARTS) is 1. The van der Waals surface area contributed by atoms with Crippen LogP contribution >= 0.6 is 0 Å². The third-order valence-electron chi connectivity index (χ3n) is 4.44. The molecule has 1 heterocycles. The number of aromatic amines is 1. The first kappa shape index (κ1) is 15.9. The number of hydrogen-bond donors (Lipinski definition) is 3. The summed E-state index contributed by atoms with van der Waals surface area (Å²) in [5.41, 5.74) is -1.04. The number of carboxylic acids is 1. The van der Waals surface area contributed by atoms with Gasteiger partial charge in [0, 0.05) is 17.5 Å². The number of nitrogens with zero attached hydrogens (tertiary/aromatic N) is 2. The molecular weight excluding hydrogens is 316 g/mol. The van der Waals surface area contributed by atoms with Gasteiger partial charge in [-0.15, -0.1) is 0 Å². The van der Waals surface area contributed by atoms with Gasteiger partial charge in [0.1, 0.15) is 5.54 Å². The van der Waals surface area contributed by atoms with Crippen molar-refractivity contribution >= 4 is 28.5 Å². The molecule has 126 valence electrons. The summed E-state index contributed by atoms with van der Waals surface area (Å²) in [6, 6.07) is 4.02. The first-order valence-electron chi connectivity index (χ1n) is 7.61. The van der Waals surface area contributed by atoms with E-state index in [1.165, 1.54) is 18.2 Å². The van der Waals surface area contributed by atoms with Crippen molar-refractivity contribution in [1.82, 2.24) is 15.5 Å². The van der Waals surface area contributed by atoms with Crippen LogP contribution in [0.4, 0.5) is 5.69 Å². The van der Waals surface area contributed by atoms with Crippen molar-refractivity contribution in [2.24, 2.45) is 0 Å². The number of nitro groups is 1. The van der Waals surface area contributed by atoms with Crippen LogP contribution < -0.4 is 5.32 Å². The number of non-ortho nitro benzene ring substituents is 1. The van der Waals surface area contributed by atoms with Gasteiger partial charge in [-0.3, -0.25) is 20.0 Å². The fourth-order valence-electron chi connectivity index (χ4n) is 3.11. The molecule has 3 N–H and O–H groups in total. The lowest BCUT2D eigenvalue weighted by molar-refractivity contribution is -0.384. The smallest absolute Gasteiger partial charge is 0.329 e. The normalized spacial score (nSPS) is 16.7. The number of benzene rings is 1. The Morgan fingerprint density at radius 1 is 1.29 bits per heavy atom. The number of aliphatic carboxylic acids is 1. The van der Waals surface area contributed by atoms with E-state index in [0.717, 1.165) is 19.3 Å². The van der Waals surface area contributed by atoms with Gasteiger partial charge >= 0.3 is 5.97 Å². The van der Waals surface area contributed by atoms with Crippen LogP contribution in [0.1, 0.15) is 42.6 Å². The first-order chi connectivity index (χ1) is 11.4. The van der Waals surface area contributed by atoms with Crippen LogP contribution in [0.3, 0.4) is 0 Å². The number of fused-ring (bicyclic) bond motifs is 1. The molecule has 3 rings (SSSR count). The van der Waals surface area contributed by atoms with E-state index in [1.54, 1.807) is 0 Å². The fourth-order valence-corrected chi connectivity index (χ4v) is 3.11. The molecule has 1 aliphatic carbocycles. The summed E-state index contributed by atoms with van der Waals surface area (Å²) < 4.78 is 0. The monoisotopic (exact) mass is 332 g/mol. The summed E-state index contributed by atoms with van der Waals surface area (Å²) in [6.45, 7) is 0. The molecule has 1 saturated carbocycles. The third-order valence-corrected chi connectivity index (χ3v) is 4.44. The number of rotatable bonds is 4. The Morgan fingerprint density at radius 2 is 2.00 bits per heavy atom. The summed E-state index contributed by atoms with van der Waals surface area (Å²) >= 11 is 0. The first-order valence-corrected chi connectivity index (χ1v) is 7.61. The molecule has 0 saturated heterocycles. The van der Waals surface area contributed by atoms with Crippen molar-refractivity contribution in [2.75, 3.05) is 0 Å². The fraction of sp³-hybridized carbons (Fsp3) is 0.400. The average Bonchev–Trinajstić information content (AvgIpc) is 2.98. The van der Waals surface area contributed by atoms with Gasteiger partial charge in [0.15, 0.2) is 5.69 Å². The number of carbonyl (C=O) groups is 2. The van der Waals surface area contributed by atoms with Gasteiger partial charge in [-0.25, -0.2) is 4.79 Å². The van der Waals surface area contributed by atoms with E-state index in [-0.39, 0.29) is 16.8 Å². The van der Waals surface area contributed by atoms with Gasteiger partial charge in [-0.2, -0.15) is 5.10 Å². The maximum atomic E-state index is 12.6. The minimum absolute atomic E-state index is 0.0418. The molecule has 2 aromatic rings. The Hall–Kier alpha value is -2.97. The Bertz CT molecular complexity index is 822. The largest absolute Gasteiger partial charge is 0.480 e. The van der Waals surface area contributed by atoms with Gasteiger partial charge in [0.05, 0.1) is 10.4 Å². The SMILES string of the molecule is O=C(NC1(C(=O)O)CCCCC1)c1n[nH]c2ccc([N+](=O)[O-])cc12. The van der Waals surface area contributed by atoms with Crippen LogP contribution in [0.15, 0.2) is 18.2 Å². The lowest BCUT2D eigenvalue weighted by Gasteiger charge is -2.33. The van der Waals surface area contributed by atoms with E-state index in [4.69, 9.17) is 0 Å². The molecule has 24 heavy (non-hydrogen) atoms. The van der Waals surface area contributed by atoms with Gasteiger partial charge in [0.2, 0.25) is 0 Å². The van der Waals surface area contributed by atoms with Crippen LogP contribution in [-0.4, -0.2) is 37.6 Å². The van der Waals surface area contributed by atoms with E-state index in [0.29, 0.717) is 18.4 Å². The second-order valence-electron chi connectivity index (χ2n) is 5.96. The van der Waals surface area contributed by atoms with Crippen molar-refractivity contribution < 1.29 is 19.6 Å². The second kappa shape index (κ2) is 5.91. The highest BCUT2D eigenvalue weighted by Gasteiger charge is 2.41. The highest BCUT2D eigenvalue weighted by molar-refractivity contribution is 6.06. The van der Waals surface area contributed by atoms with Crippen LogP contribution in [0.5, 0.6) is 0 Å². The average molecular weight is 332 g/mol. The van der Waals surface area contributed by atoms with E-state index in [2.05, 4.69) is 15.5 Å². The number of amides is 1. The van der Waals surface area contributed by atoms with Crippen molar-refractivity contribution in [2.45, 2.75) is 37.6 Å². The Kier molecular flexibility index (Phi) is 3.92. The zero-order valence-corrected chi connectivity index (χ0v) is 12.7. The molecule has 0 unspecified atom stereocenters. The van der Waals surface area contributed by atoms with Crippen molar-refractivity contribution in [1.29, 1.82) is 0 Å². The molecule has 0 aliphatic heterocycles. The van der Waals surface area contributed by atoms with Crippen LogP contribution in [-0.2, 0) is 4.79 Å². The number of carbonyl (C=O) groups excluding carboxylic acids is 1. The number of H-pyrrole nitrogens is 1. The van der Waals surface area contributed by atoms with Crippen molar-refractivity contribution in [3.05, 3.63) is 34.0 Å². The second-order valence-corrected chi connectivity index (χ2v) is 5.96. The van der Waals surface area contributed by atoms with Crippen molar-refractivity contribution in [3.63, 3.8) is 0 Å². The lowest BCUT2D eigenvalue weighted by Crippen LogP contribution is -2.55. The molecule has 1 aromatic carbocycles. The maximum Gasteiger partial charge on any atom is 0.329 e. The van der Waals surface area contributed by atoms with Crippen molar-refractivity contribution in [3.8, 4) is 0 Å². The highest BCUT2D eigenvalue weighted by atomic mass is 16.6. The molecule has 0 bridgehead atoms. The van der Waals surface area contributed by atoms with Crippen LogP contribution in [0.2, 0.25) is 0 Å². The zero-order chi connectivity index (χ0) is 17.3. The summed E-state index contributed by atoms with van der Waals surface area (Å²) in [5, 5.41) is 29.8. The molecular formula is C15H16N4O5.